The summed E-state index contributed by atoms with van der Waals surface area (Å²) in [5, 5.41) is 5.29. The Kier molecular flexibility index (Phi) is 8.04. The minimum atomic E-state index is -1.30. The van der Waals surface area contributed by atoms with Crippen LogP contribution in [0.1, 0.15) is 43.9 Å². The number of hydrogen-bond acceptors (Lipinski definition) is 7. The number of rotatable bonds is 7. The van der Waals surface area contributed by atoms with Crippen LogP contribution in [0.25, 0.3) is 0 Å². The van der Waals surface area contributed by atoms with Gasteiger partial charge in [-0.25, -0.2) is 9.69 Å². The SMILES string of the molecule is CNC(=O)[C@]1(c2ccccn2)CCCN1C(=O)[C@H](C)NC(=O)[C@@H]1CCC(=O)N1C(=O)OCc1ccccc1. The molecule has 2 fully saturated rings. The molecule has 0 radical (unpaired) electrons. The highest BCUT2D eigenvalue weighted by Gasteiger charge is 2.52. The van der Waals surface area contributed by atoms with Gasteiger partial charge in [0.2, 0.25) is 17.7 Å². The van der Waals surface area contributed by atoms with Gasteiger partial charge in [-0.3, -0.25) is 24.2 Å². The number of ether oxygens (including phenoxy) is 1. The van der Waals surface area contributed by atoms with Crippen molar-refractivity contribution in [3.63, 3.8) is 0 Å². The second-order valence-corrected chi connectivity index (χ2v) is 9.34. The van der Waals surface area contributed by atoms with Gasteiger partial charge in [0.15, 0.2) is 5.54 Å². The minimum Gasteiger partial charge on any atom is -0.444 e. The van der Waals surface area contributed by atoms with Crippen LogP contribution >= 0.6 is 0 Å². The molecule has 2 saturated heterocycles. The average Bonchev–Trinajstić information content (AvgIpc) is 3.56. The topological polar surface area (TPSA) is 138 Å². The third kappa shape index (κ3) is 5.09. The summed E-state index contributed by atoms with van der Waals surface area (Å²) in [5.41, 5.74) is -0.119. The average molecular weight is 522 g/mol. The van der Waals surface area contributed by atoms with E-state index in [9.17, 15) is 24.0 Å². The Bertz CT molecular complexity index is 1210. The van der Waals surface area contributed by atoms with Crippen LogP contribution in [-0.2, 0) is 36.1 Å². The van der Waals surface area contributed by atoms with E-state index in [0.29, 0.717) is 25.1 Å². The summed E-state index contributed by atoms with van der Waals surface area (Å²) in [6, 6.07) is 12.0. The predicted octanol–water partition coefficient (Wildman–Crippen LogP) is 1.48. The van der Waals surface area contributed by atoms with E-state index in [-0.39, 0.29) is 25.4 Å². The third-order valence-corrected chi connectivity index (χ3v) is 6.98. The van der Waals surface area contributed by atoms with Crippen LogP contribution in [0.3, 0.4) is 0 Å². The maximum atomic E-state index is 13.6. The molecule has 0 unspecified atom stereocenters. The van der Waals surface area contributed by atoms with Crippen molar-refractivity contribution >= 4 is 29.7 Å². The van der Waals surface area contributed by atoms with Crippen molar-refractivity contribution in [2.24, 2.45) is 0 Å². The first-order valence-electron chi connectivity index (χ1n) is 12.6. The van der Waals surface area contributed by atoms with E-state index in [0.717, 1.165) is 10.5 Å². The first-order valence-corrected chi connectivity index (χ1v) is 12.6. The van der Waals surface area contributed by atoms with Gasteiger partial charge in [0.1, 0.15) is 18.7 Å². The Hall–Kier alpha value is -4.28. The molecule has 1 aromatic heterocycles. The number of likely N-dealkylation sites (N-methyl/N-ethyl adjacent to an activating group) is 1. The lowest BCUT2D eigenvalue weighted by Crippen LogP contribution is -2.59. The predicted molar refractivity (Wildman–Crippen MR) is 135 cm³/mol. The molecule has 2 aliphatic heterocycles. The molecule has 38 heavy (non-hydrogen) atoms. The minimum absolute atomic E-state index is 0.00638. The van der Waals surface area contributed by atoms with Gasteiger partial charge in [-0.05, 0) is 43.9 Å². The molecule has 11 nitrogen and oxygen atoms in total. The lowest BCUT2D eigenvalue weighted by Gasteiger charge is -2.38. The first kappa shape index (κ1) is 26.8. The zero-order valence-corrected chi connectivity index (χ0v) is 21.4. The van der Waals surface area contributed by atoms with Crippen molar-refractivity contribution in [1.82, 2.24) is 25.4 Å². The smallest absolute Gasteiger partial charge is 0.417 e. The summed E-state index contributed by atoms with van der Waals surface area (Å²) in [4.78, 5) is 71.6. The van der Waals surface area contributed by atoms with Gasteiger partial charge in [-0.15, -0.1) is 0 Å². The monoisotopic (exact) mass is 521 g/mol. The molecule has 3 atom stereocenters. The molecular weight excluding hydrogens is 490 g/mol. The molecule has 1 aromatic carbocycles. The second kappa shape index (κ2) is 11.4. The molecule has 2 N–H and O–H groups in total. The molecule has 5 amide bonds. The Morgan fingerprint density at radius 3 is 2.55 bits per heavy atom. The van der Waals surface area contributed by atoms with Gasteiger partial charge >= 0.3 is 6.09 Å². The Balaban J connectivity index is 1.46. The van der Waals surface area contributed by atoms with Crippen molar-refractivity contribution in [2.75, 3.05) is 13.6 Å². The fraction of sp³-hybridized carbons (Fsp3) is 0.407. The van der Waals surface area contributed by atoms with Gasteiger partial charge in [-0.2, -0.15) is 0 Å². The highest BCUT2D eigenvalue weighted by molar-refractivity contribution is 6.02. The zero-order valence-electron chi connectivity index (χ0n) is 21.4. The van der Waals surface area contributed by atoms with E-state index in [4.69, 9.17) is 4.74 Å². The van der Waals surface area contributed by atoms with Gasteiger partial charge in [-0.1, -0.05) is 36.4 Å². The molecule has 200 valence electrons. The van der Waals surface area contributed by atoms with Crippen LogP contribution in [0, 0.1) is 0 Å². The lowest BCUT2D eigenvalue weighted by molar-refractivity contribution is -0.148. The summed E-state index contributed by atoms with van der Waals surface area (Å²) in [6.07, 6.45) is 1.74. The van der Waals surface area contributed by atoms with E-state index in [1.54, 1.807) is 48.7 Å². The van der Waals surface area contributed by atoms with Gasteiger partial charge < -0.3 is 20.3 Å². The number of nitrogens with zero attached hydrogens (tertiary/aromatic N) is 3. The maximum Gasteiger partial charge on any atom is 0.417 e. The van der Waals surface area contributed by atoms with Crippen LogP contribution in [-0.4, -0.2) is 70.2 Å². The van der Waals surface area contributed by atoms with Crippen LogP contribution < -0.4 is 10.6 Å². The van der Waals surface area contributed by atoms with Gasteiger partial charge in [0, 0.05) is 26.2 Å². The van der Waals surface area contributed by atoms with E-state index in [2.05, 4.69) is 15.6 Å². The van der Waals surface area contributed by atoms with Crippen LogP contribution in [0.2, 0.25) is 0 Å². The van der Waals surface area contributed by atoms with Crippen LogP contribution in [0.5, 0.6) is 0 Å². The molecule has 0 aliphatic carbocycles. The van der Waals surface area contributed by atoms with Gasteiger partial charge in [0.25, 0.3) is 5.91 Å². The van der Waals surface area contributed by atoms with E-state index < -0.39 is 41.4 Å². The van der Waals surface area contributed by atoms with Crippen molar-refractivity contribution in [3.8, 4) is 0 Å². The Morgan fingerprint density at radius 2 is 1.87 bits per heavy atom. The molecule has 2 aliphatic rings. The highest BCUT2D eigenvalue weighted by Crippen LogP contribution is 2.38. The summed E-state index contributed by atoms with van der Waals surface area (Å²) in [7, 11) is 1.50. The maximum absolute atomic E-state index is 13.6. The van der Waals surface area contributed by atoms with Crippen molar-refractivity contribution < 1.29 is 28.7 Å². The molecule has 2 aromatic rings. The number of carbonyl (C=O) groups is 5. The third-order valence-electron chi connectivity index (χ3n) is 6.98. The Morgan fingerprint density at radius 1 is 1.13 bits per heavy atom. The quantitative estimate of drug-likeness (QED) is 0.563. The summed E-state index contributed by atoms with van der Waals surface area (Å²) >= 11 is 0. The number of benzene rings is 1. The summed E-state index contributed by atoms with van der Waals surface area (Å²) in [5.74, 6) is -1.99. The number of imide groups is 1. The fourth-order valence-electron chi connectivity index (χ4n) is 5.10. The molecule has 0 bridgehead atoms. The molecule has 0 spiro atoms. The lowest BCUT2D eigenvalue weighted by atomic mass is 9.89. The van der Waals surface area contributed by atoms with Crippen molar-refractivity contribution in [2.45, 2.75) is 56.8 Å². The van der Waals surface area contributed by atoms with Crippen molar-refractivity contribution in [3.05, 3.63) is 66.0 Å². The van der Waals surface area contributed by atoms with E-state index in [1.165, 1.54) is 18.9 Å². The van der Waals surface area contributed by atoms with Gasteiger partial charge in [0.05, 0.1) is 5.69 Å². The van der Waals surface area contributed by atoms with E-state index >= 15 is 0 Å². The second-order valence-electron chi connectivity index (χ2n) is 9.34. The number of aromatic nitrogens is 1. The van der Waals surface area contributed by atoms with Crippen molar-refractivity contribution in [1.29, 1.82) is 0 Å². The fourth-order valence-corrected chi connectivity index (χ4v) is 5.10. The summed E-state index contributed by atoms with van der Waals surface area (Å²) < 4.78 is 5.27. The zero-order chi connectivity index (χ0) is 27.3. The largest absolute Gasteiger partial charge is 0.444 e. The Labute approximate surface area is 220 Å². The van der Waals surface area contributed by atoms with Crippen LogP contribution in [0.15, 0.2) is 54.7 Å². The normalized spacial score (nSPS) is 21.6. The van der Waals surface area contributed by atoms with E-state index in [1.807, 2.05) is 6.07 Å². The molecular formula is C27H31N5O6. The molecule has 11 heteroatoms. The standard InChI is InChI=1S/C27H31N5O6/c1-18(24(35)31-16-8-14-27(31,25(36)28-2)21-11-6-7-15-29-21)30-23(34)20-12-13-22(33)32(20)26(37)38-17-19-9-4-3-5-10-19/h3-7,9-11,15,18,20H,8,12-14,16-17H2,1-2H3,(H,28,36)(H,30,34)/t18-,20-,27+/m0/s1. The molecule has 0 saturated carbocycles. The first-order chi connectivity index (χ1) is 18.3. The molecule has 3 heterocycles. The summed E-state index contributed by atoms with van der Waals surface area (Å²) in [6.45, 7) is 1.78. The molecule has 4 rings (SSSR count). The number of carbonyl (C=O) groups excluding carboxylic acids is 5. The number of amides is 5. The number of pyridine rings is 1. The van der Waals surface area contributed by atoms with Crippen LogP contribution in [0.4, 0.5) is 4.79 Å². The number of nitrogens with one attached hydrogen (secondary N) is 2. The highest BCUT2D eigenvalue weighted by atomic mass is 16.6. The number of hydrogen-bond donors (Lipinski definition) is 2. The number of likely N-dealkylation sites (tertiary alicyclic amines) is 2.